The van der Waals surface area contributed by atoms with Gasteiger partial charge < -0.3 is 4.74 Å². The van der Waals surface area contributed by atoms with Gasteiger partial charge in [0.1, 0.15) is 6.61 Å². The summed E-state index contributed by atoms with van der Waals surface area (Å²) in [5.74, 6) is -0.593. The number of carbonyl (C=O) groups is 1. The zero-order chi connectivity index (χ0) is 14.6. The van der Waals surface area contributed by atoms with Gasteiger partial charge in [0.05, 0.1) is 6.26 Å². The van der Waals surface area contributed by atoms with Crippen LogP contribution >= 0.6 is 0 Å². The monoisotopic (exact) mass is 298 g/mol. The first kappa shape index (κ1) is 15.0. The number of carbonyl (C=O) groups excluding carboxylic acids is 1. The van der Waals surface area contributed by atoms with Gasteiger partial charge in [0.2, 0.25) is 0 Å². The SMILES string of the molecule is CS(=O)(=O)OC1(C(=O)OCc2ccccc2)CCCC1. The Bertz CT molecular complexity index is 558. The molecule has 0 aromatic heterocycles. The molecule has 0 heterocycles. The highest BCUT2D eigenvalue weighted by molar-refractivity contribution is 7.86. The molecule has 1 fully saturated rings. The Labute approximate surface area is 119 Å². The van der Waals surface area contributed by atoms with E-state index in [2.05, 4.69) is 0 Å². The zero-order valence-corrected chi connectivity index (χ0v) is 12.2. The van der Waals surface area contributed by atoms with Gasteiger partial charge in [-0.1, -0.05) is 30.3 Å². The third-order valence-corrected chi connectivity index (χ3v) is 3.93. The fourth-order valence-electron chi connectivity index (χ4n) is 2.41. The molecule has 0 radical (unpaired) electrons. The van der Waals surface area contributed by atoms with E-state index in [1.165, 1.54) is 0 Å². The smallest absolute Gasteiger partial charge is 0.340 e. The van der Waals surface area contributed by atoms with E-state index in [1.54, 1.807) is 0 Å². The molecular formula is C14H18O5S. The van der Waals surface area contributed by atoms with Gasteiger partial charge in [-0.2, -0.15) is 8.42 Å². The molecule has 0 amide bonds. The average molecular weight is 298 g/mol. The molecule has 0 aliphatic heterocycles. The Morgan fingerprint density at radius 2 is 1.80 bits per heavy atom. The second kappa shape index (κ2) is 5.93. The molecule has 0 N–H and O–H groups in total. The van der Waals surface area contributed by atoms with Crippen molar-refractivity contribution < 1.29 is 22.1 Å². The van der Waals surface area contributed by atoms with Crippen LogP contribution in [0.3, 0.4) is 0 Å². The largest absolute Gasteiger partial charge is 0.459 e. The number of ether oxygens (including phenoxy) is 1. The fraction of sp³-hybridized carbons (Fsp3) is 0.500. The summed E-state index contributed by atoms with van der Waals surface area (Å²) in [5, 5.41) is 0. The molecule has 0 saturated heterocycles. The fourth-order valence-corrected chi connectivity index (χ4v) is 3.23. The van der Waals surface area contributed by atoms with Crippen molar-refractivity contribution in [2.24, 2.45) is 0 Å². The molecule has 1 aromatic carbocycles. The first-order chi connectivity index (χ1) is 9.41. The zero-order valence-electron chi connectivity index (χ0n) is 11.4. The van der Waals surface area contributed by atoms with Gasteiger partial charge in [0, 0.05) is 0 Å². The van der Waals surface area contributed by atoms with Gasteiger partial charge >= 0.3 is 5.97 Å². The van der Waals surface area contributed by atoms with Gasteiger partial charge in [-0.25, -0.2) is 4.79 Å². The summed E-state index contributed by atoms with van der Waals surface area (Å²) < 4.78 is 32.9. The topological polar surface area (TPSA) is 69.7 Å². The number of rotatable bonds is 5. The summed E-state index contributed by atoms with van der Waals surface area (Å²) in [4.78, 5) is 12.2. The summed E-state index contributed by atoms with van der Waals surface area (Å²) in [6.07, 6.45) is 3.24. The van der Waals surface area contributed by atoms with E-state index >= 15 is 0 Å². The lowest BCUT2D eigenvalue weighted by Gasteiger charge is -2.25. The molecule has 0 bridgehead atoms. The maximum atomic E-state index is 12.2. The van der Waals surface area contributed by atoms with Crippen LogP contribution in [0.15, 0.2) is 30.3 Å². The van der Waals surface area contributed by atoms with E-state index in [1.807, 2.05) is 30.3 Å². The third-order valence-electron chi connectivity index (χ3n) is 3.31. The van der Waals surface area contributed by atoms with E-state index in [0.717, 1.165) is 24.7 Å². The van der Waals surface area contributed by atoms with Gasteiger partial charge in [0.15, 0.2) is 5.60 Å². The molecule has 20 heavy (non-hydrogen) atoms. The van der Waals surface area contributed by atoms with Gasteiger partial charge in [0.25, 0.3) is 10.1 Å². The minimum atomic E-state index is -3.69. The van der Waals surface area contributed by atoms with Crippen LogP contribution in [-0.4, -0.2) is 26.2 Å². The summed E-state index contributed by atoms with van der Waals surface area (Å²) in [6.45, 7) is 0.120. The molecular weight excluding hydrogens is 280 g/mol. The summed E-state index contributed by atoms with van der Waals surface area (Å²) >= 11 is 0. The van der Waals surface area contributed by atoms with Gasteiger partial charge in [-0.05, 0) is 31.2 Å². The third kappa shape index (κ3) is 3.80. The summed E-state index contributed by atoms with van der Waals surface area (Å²) in [6, 6.07) is 9.25. The van der Waals surface area contributed by atoms with Crippen LogP contribution in [0, 0.1) is 0 Å². The molecule has 0 spiro atoms. The summed E-state index contributed by atoms with van der Waals surface area (Å²) in [5.41, 5.74) is -0.476. The van der Waals surface area contributed by atoms with Crippen LogP contribution in [0.1, 0.15) is 31.2 Å². The first-order valence-electron chi connectivity index (χ1n) is 6.53. The molecule has 1 aliphatic rings. The van der Waals surface area contributed by atoms with E-state index in [9.17, 15) is 13.2 Å². The lowest BCUT2D eigenvalue weighted by atomic mass is 10.0. The lowest BCUT2D eigenvalue weighted by Crippen LogP contribution is -2.41. The Morgan fingerprint density at radius 1 is 1.20 bits per heavy atom. The first-order valence-corrected chi connectivity index (χ1v) is 8.35. The Kier molecular flexibility index (Phi) is 4.45. The normalized spacial score (nSPS) is 17.9. The lowest BCUT2D eigenvalue weighted by molar-refractivity contribution is -0.162. The molecule has 0 unspecified atom stereocenters. The average Bonchev–Trinajstić information content (AvgIpc) is 2.84. The number of esters is 1. The minimum Gasteiger partial charge on any atom is -0.459 e. The van der Waals surface area contributed by atoms with Crippen molar-refractivity contribution in [2.75, 3.05) is 6.26 Å². The Balaban J connectivity index is 2.04. The molecule has 1 aliphatic carbocycles. The number of hydrogen-bond acceptors (Lipinski definition) is 5. The highest BCUT2D eigenvalue weighted by Crippen LogP contribution is 2.35. The molecule has 6 heteroatoms. The van der Waals surface area contributed by atoms with E-state index in [0.29, 0.717) is 12.8 Å². The predicted molar refractivity (Wildman–Crippen MR) is 73.4 cm³/mol. The quantitative estimate of drug-likeness (QED) is 0.614. The second-order valence-electron chi connectivity index (χ2n) is 5.05. The van der Waals surface area contributed by atoms with Crippen LogP contribution in [0.4, 0.5) is 0 Å². The molecule has 0 atom stereocenters. The number of benzene rings is 1. The van der Waals surface area contributed by atoms with Crippen molar-refractivity contribution >= 4 is 16.1 Å². The Hall–Kier alpha value is -1.40. The maximum absolute atomic E-state index is 12.2. The van der Waals surface area contributed by atoms with Crippen molar-refractivity contribution in [3.05, 3.63) is 35.9 Å². The standard InChI is InChI=1S/C14H18O5S/c1-20(16,17)19-14(9-5-6-10-14)13(15)18-11-12-7-3-2-4-8-12/h2-4,7-8H,5-6,9-11H2,1H3. The van der Waals surface area contributed by atoms with Crippen molar-refractivity contribution in [1.82, 2.24) is 0 Å². The molecule has 1 saturated carbocycles. The van der Waals surface area contributed by atoms with Gasteiger partial charge in [-0.15, -0.1) is 0 Å². The second-order valence-corrected chi connectivity index (χ2v) is 6.63. The minimum absolute atomic E-state index is 0.120. The van der Waals surface area contributed by atoms with E-state index in [-0.39, 0.29) is 6.61 Å². The van der Waals surface area contributed by atoms with Crippen molar-refractivity contribution in [3.63, 3.8) is 0 Å². The highest BCUT2D eigenvalue weighted by Gasteiger charge is 2.46. The van der Waals surface area contributed by atoms with Crippen LogP contribution in [-0.2, 0) is 30.4 Å². The van der Waals surface area contributed by atoms with E-state index in [4.69, 9.17) is 8.92 Å². The Morgan fingerprint density at radius 3 is 2.35 bits per heavy atom. The van der Waals surface area contributed by atoms with Crippen LogP contribution in [0.2, 0.25) is 0 Å². The van der Waals surface area contributed by atoms with Crippen LogP contribution < -0.4 is 0 Å². The van der Waals surface area contributed by atoms with Crippen LogP contribution in [0.5, 0.6) is 0 Å². The summed E-state index contributed by atoms with van der Waals surface area (Å²) in [7, 11) is -3.69. The molecule has 1 aromatic rings. The van der Waals surface area contributed by atoms with Crippen molar-refractivity contribution in [2.45, 2.75) is 37.9 Å². The predicted octanol–water partition coefficient (Wildman–Crippen LogP) is 2.02. The molecule has 2 rings (SSSR count). The van der Waals surface area contributed by atoms with Gasteiger partial charge in [-0.3, -0.25) is 4.18 Å². The molecule has 110 valence electrons. The van der Waals surface area contributed by atoms with Crippen LogP contribution in [0.25, 0.3) is 0 Å². The number of hydrogen-bond donors (Lipinski definition) is 0. The van der Waals surface area contributed by atoms with Crippen molar-refractivity contribution in [3.8, 4) is 0 Å². The maximum Gasteiger partial charge on any atom is 0.340 e. The van der Waals surface area contributed by atoms with E-state index < -0.39 is 21.7 Å². The highest BCUT2D eigenvalue weighted by atomic mass is 32.2. The molecule has 5 nitrogen and oxygen atoms in total. The van der Waals surface area contributed by atoms with Crippen molar-refractivity contribution in [1.29, 1.82) is 0 Å².